The fourth-order valence-corrected chi connectivity index (χ4v) is 1.99. The molecule has 78 valence electrons. The Morgan fingerprint density at radius 1 is 1.36 bits per heavy atom. The van der Waals surface area contributed by atoms with Gasteiger partial charge < -0.3 is 5.32 Å². The minimum atomic E-state index is 1.07. The number of allylic oxidation sites excluding steroid dienone is 1. The molecule has 1 aromatic heterocycles. The van der Waals surface area contributed by atoms with Crippen LogP contribution in [0.25, 0.3) is 0 Å². The lowest BCUT2D eigenvalue weighted by Crippen LogP contribution is -2.12. The van der Waals surface area contributed by atoms with Gasteiger partial charge in [-0.1, -0.05) is 19.1 Å². The topological polar surface area (TPSA) is 12.0 Å². The second kappa shape index (κ2) is 7.77. The number of hydrogen-bond donors (Lipinski definition) is 1. The predicted octanol–water partition coefficient (Wildman–Crippen LogP) is 3.24. The monoisotopic (exact) mass is 209 g/mol. The summed E-state index contributed by atoms with van der Waals surface area (Å²) in [6, 6.07) is 2.21. The largest absolute Gasteiger partial charge is 0.317 e. The summed E-state index contributed by atoms with van der Waals surface area (Å²) < 4.78 is 0. The van der Waals surface area contributed by atoms with Crippen LogP contribution in [0.5, 0.6) is 0 Å². The quantitative estimate of drug-likeness (QED) is 0.537. The summed E-state index contributed by atoms with van der Waals surface area (Å²) in [5, 5.41) is 7.67. The maximum absolute atomic E-state index is 3.30. The third-order valence-electron chi connectivity index (χ3n) is 2.08. The van der Waals surface area contributed by atoms with E-state index in [1.807, 2.05) is 0 Å². The van der Waals surface area contributed by atoms with Crippen molar-refractivity contribution in [3.63, 3.8) is 0 Å². The third kappa shape index (κ3) is 5.20. The lowest BCUT2D eigenvalue weighted by molar-refractivity contribution is 0.725. The van der Waals surface area contributed by atoms with Crippen molar-refractivity contribution in [2.75, 3.05) is 13.1 Å². The maximum atomic E-state index is 3.30. The Balaban J connectivity index is 1.98. The zero-order valence-corrected chi connectivity index (χ0v) is 9.65. The average molecular weight is 209 g/mol. The van der Waals surface area contributed by atoms with Crippen LogP contribution in [0.1, 0.15) is 25.3 Å². The highest BCUT2D eigenvalue weighted by molar-refractivity contribution is 7.07. The van der Waals surface area contributed by atoms with Gasteiger partial charge in [0.15, 0.2) is 0 Å². The molecule has 0 fully saturated rings. The van der Waals surface area contributed by atoms with E-state index >= 15 is 0 Å². The summed E-state index contributed by atoms with van der Waals surface area (Å²) in [6.07, 6.45) is 8.06. The molecule has 0 aliphatic heterocycles. The van der Waals surface area contributed by atoms with Gasteiger partial charge in [0.25, 0.3) is 0 Å². The Morgan fingerprint density at radius 3 is 2.93 bits per heavy atom. The first kappa shape index (κ1) is 11.5. The van der Waals surface area contributed by atoms with E-state index < -0.39 is 0 Å². The van der Waals surface area contributed by atoms with Crippen molar-refractivity contribution in [3.8, 4) is 0 Å². The van der Waals surface area contributed by atoms with Crippen molar-refractivity contribution >= 4 is 11.3 Å². The SMILES string of the molecule is CCNCCC=CCCc1ccsc1. The van der Waals surface area contributed by atoms with Crippen LogP contribution < -0.4 is 5.32 Å². The Morgan fingerprint density at radius 2 is 2.21 bits per heavy atom. The molecular weight excluding hydrogens is 190 g/mol. The van der Waals surface area contributed by atoms with Crippen LogP contribution in [0.4, 0.5) is 0 Å². The Hall–Kier alpha value is -0.600. The van der Waals surface area contributed by atoms with Crippen molar-refractivity contribution in [1.82, 2.24) is 5.32 Å². The standard InChI is InChI=1S/C12H19NS/c1-2-13-9-6-4-3-5-7-12-8-10-14-11-12/h3-4,8,10-11,13H,2,5-7,9H2,1H3. The van der Waals surface area contributed by atoms with Gasteiger partial charge in [0.1, 0.15) is 0 Å². The molecule has 2 heteroatoms. The van der Waals surface area contributed by atoms with E-state index in [9.17, 15) is 0 Å². The van der Waals surface area contributed by atoms with Gasteiger partial charge in [0.05, 0.1) is 0 Å². The second-order valence-corrected chi connectivity index (χ2v) is 4.06. The van der Waals surface area contributed by atoms with Crippen molar-refractivity contribution in [3.05, 3.63) is 34.5 Å². The van der Waals surface area contributed by atoms with E-state index in [4.69, 9.17) is 0 Å². The first-order valence-corrected chi connectivity index (χ1v) is 6.24. The van der Waals surface area contributed by atoms with E-state index in [1.54, 1.807) is 11.3 Å². The summed E-state index contributed by atoms with van der Waals surface area (Å²) >= 11 is 1.78. The molecule has 1 rings (SSSR count). The molecule has 0 atom stereocenters. The highest BCUT2D eigenvalue weighted by atomic mass is 32.1. The van der Waals surface area contributed by atoms with Crippen LogP contribution in [-0.4, -0.2) is 13.1 Å². The Kier molecular flexibility index (Phi) is 6.37. The number of rotatable bonds is 7. The van der Waals surface area contributed by atoms with E-state index in [0.717, 1.165) is 19.5 Å². The normalized spacial score (nSPS) is 11.2. The summed E-state index contributed by atoms with van der Waals surface area (Å²) in [6.45, 7) is 4.31. The van der Waals surface area contributed by atoms with Gasteiger partial charge in [-0.05, 0) is 54.7 Å². The van der Waals surface area contributed by atoms with Crippen LogP contribution in [0, 0.1) is 0 Å². The van der Waals surface area contributed by atoms with Gasteiger partial charge >= 0.3 is 0 Å². The molecule has 1 N–H and O–H groups in total. The highest BCUT2D eigenvalue weighted by Gasteiger charge is 1.89. The minimum Gasteiger partial charge on any atom is -0.317 e. The van der Waals surface area contributed by atoms with Crippen LogP contribution in [0.2, 0.25) is 0 Å². The Labute approximate surface area is 90.9 Å². The smallest absolute Gasteiger partial charge is 0.00144 e. The van der Waals surface area contributed by atoms with Gasteiger partial charge in [-0.2, -0.15) is 11.3 Å². The summed E-state index contributed by atoms with van der Waals surface area (Å²) in [7, 11) is 0. The lowest BCUT2D eigenvalue weighted by Gasteiger charge is -1.95. The molecule has 0 aromatic carbocycles. The number of hydrogen-bond acceptors (Lipinski definition) is 2. The molecule has 0 aliphatic rings. The molecule has 0 spiro atoms. The fraction of sp³-hybridized carbons (Fsp3) is 0.500. The van der Waals surface area contributed by atoms with Crippen molar-refractivity contribution in [2.45, 2.75) is 26.2 Å². The molecule has 1 heterocycles. The van der Waals surface area contributed by atoms with Gasteiger partial charge in [-0.15, -0.1) is 0 Å². The lowest BCUT2D eigenvalue weighted by atomic mass is 10.2. The minimum absolute atomic E-state index is 1.07. The molecule has 0 unspecified atom stereocenters. The number of aryl methyl sites for hydroxylation is 1. The third-order valence-corrected chi connectivity index (χ3v) is 2.82. The number of thiophene rings is 1. The van der Waals surface area contributed by atoms with E-state index in [0.29, 0.717) is 0 Å². The summed E-state index contributed by atoms with van der Waals surface area (Å²) in [5.74, 6) is 0. The molecule has 0 saturated heterocycles. The zero-order valence-electron chi connectivity index (χ0n) is 8.83. The van der Waals surface area contributed by atoms with Gasteiger partial charge in [0.2, 0.25) is 0 Å². The molecule has 0 aliphatic carbocycles. The highest BCUT2D eigenvalue weighted by Crippen LogP contribution is 2.08. The van der Waals surface area contributed by atoms with Crippen molar-refractivity contribution in [1.29, 1.82) is 0 Å². The van der Waals surface area contributed by atoms with Crippen LogP contribution in [0.3, 0.4) is 0 Å². The molecular formula is C12H19NS. The van der Waals surface area contributed by atoms with Crippen LogP contribution in [-0.2, 0) is 6.42 Å². The van der Waals surface area contributed by atoms with Gasteiger partial charge in [-0.3, -0.25) is 0 Å². The molecule has 14 heavy (non-hydrogen) atoms. The molecule has 1 aromatic rings. The predicted molar refractivity (Wildman–Crippen MR) is 64.9 cm³/mol. The second-order valence-electron chi connectivity index (χ2n) is 3.28. The molecule has 0 bridgehead atoms. The van der Waals surface area contributed by atoms with Gasteiger partial charge in [-0.25, -0.2) is 0 Å². The first-order chi connectivity index (χ1) is 6.93. The zero-order chi connectivity index (χ0) is 10.1. The first-order valence-electron chi connectivity index (χ1n) is 5.30. The summed E-state index contributed by atoms with van der Waals surface area (Å²) in [5.41, 5.74) is 1.46. The van der Waals surface area contributed by atoms with E-state index in [2.05, 4.69) is 41.2 Å². The fourth-order valence-electron chi connectivity index (χ4n) is 1.28. The molecule has 0 saturated carbocycles. The van der Waals surface area contributed by atoms with Crippen molar-refractivity contribution < 1.29 is 0 Å². The maximum Gasteiger partial charge on any atom is -0.00144 e. The molecule has 0 radical (unpaired) electrons. The van der Waals surface area contributed by atoms with Crippen LogP contribution in [0.15, 0.2) is 29.0 Å². The number of nitrogens with one attached hydrogen (secondary N) is 1. The van der Waals surface area contributed by atoms with Gasteiger partial charge in [0, 0.05) is 0 Å². The summed E-state index contributed by atoms with van der Waals surface area (Å²) in [4.78, 5) is 0. The Bertz CT molecular complexity index is 239. The van der Waals surface area contributed by atoms with Crippen LogP contribution >= 0.6 is 11.3 Å². The van der Waals surface area contributed by atoms with E-state index in [-0.39, 0.29) is 0 Å². The van der Waals surface area contributed by atoms with Crippen molar-refractivity contribution in [2.24, 2.45) is 0 Å². The van der Waals surface area contributed by atoms with E-state index in [1.165, 1.54) is 18.4 Å². The average Bonchev–Trinajstić information content (AvgIpc) is 2.69. The molecule has 0 amide bonds. The molecule has 1 nitrogen and oxygen atoms in total.